The van der Waals surface area contributed by atoms with Gasteiger partial charge in [0.15, 0.2) is 0 Å². The van der Waals surface area contributed by atoms with Gasteiger partial charge in [-0.1, -0.05) is 146 Å². The molecule has 0 amide bonds. The Morgan fingerprint density at radius 1 is 0.414 bits per heavy atom. The number of rotatable bonds is 5. The van der Waals surface area contributed by atoms with Gasteiger partial charge in [0.1, 0.15) is 0 Å². The molecule has 0 saturated carbocycles. The monoisotopic (exact) mass is 754 g/mol. The lowest BCUT2D eigenvalue weighted by atomic mass is 9.95. The number of para-hydroxylation sites is 2. The van der Waals surface area contributed by atoms with Crippen LogP contribution in [0, 0.1) is 0 Å². The average Bonchev–Trinajstić information content (AvgIpc) is 4.04. The molecule has 0 radical (unpaired) electrons. The van der Waals surface area contributed by atoms with E-state index in [2.05, 4.69) is 203 Å². The summed E-state index contributed by atoms with van der Waals surface area (Å²) in [6.07, 6.45) is 0.898. The fourth-order valence-corrected chi connectivity index (χ4v) is 11.2. The lowest BCUT2D eigenvalue weighted by Gasteiger charge is -2.27. The number of aromatic nitrogens is 1. The lowest BCUT2D eigenvalue weighted by Crippen LogP contribution is -2.10. The van der Waals surface area contributed by atoms with Gasteiger partial charge in [-0.15, -0.1) is 11.3 Å². The van der Waals surface area contributed by atoms with E-state index in [0.29, 0.717) is 0 Å². The molecule has 12 aromatic rings. The third-order valence-corrected chi connectivity index (χ3v) is 13.7. The highest BCUT2D eigenvalue weighted by Gasteiger charge is 2.25. The molecule has 0 bridgehead atoms. The van der Waals surface area contributed by atoms with Crippen LogP contribution in [0.4, 0.5) is 17.1 Å². The van der Waals surface area contributed by atoms with Gasteiger partial charge < -0.3 is 9.30 Å². The summed E-state index contributed by atoms with van der Waals surface area (Å²) in [5.41, 5.74) is 17.8. The summed E-state index contributed by atoms with van der Waals surface area (Å²) >= 11 is 1.88. The Bertz CT molecular complexity index is 3590. The fourth-order valence-electron chi connectivity index (χ4n) is 9.99. The second-order valence-corrected chi connectivity index (χ2v) is 16.7. The first kappa shape index (κ1) is 31.9. The summed E-state index contributed by atoms with van der Waals surface area (Å²) in [6, 6.07) is 72.0. The molecule has 3 aromatic heterocycles. The van der Waals surface area contributed by atoms with Gasteiger partial charge in [0.2, 0.25) is 0 Å². The van der Waals surface area contributed by atoms with Crippen LogP contribution in [0.5, 0.6) is 0 Å². The molecule has 0 aliphatic heterocycles. The van der Waals surface area contributed by atoms with Crippen molar-refractivity contribution in [3.05, 3.63) is 205 Å². The predicted molar refractivity (Wildman–Crippen MR) is 248 cm³/mol. The third-order valence-electron chi connectivity index (χ3n) is 12.5. The number of hydrogen-bond acceptors (Lipinski definition) is 2. The van der Waals surface area contributed by atoms with Crippen LogP contribution in [0.2, 0.25) is 0 Å². The van der Waals surface area contributed by atoms with E-state index in [9.17, 15) is 0 Å². The molecule has 0 saturated heterocycles. The largest absolute Gasteiger partial charge is 0.309 e. The molecular formula is C55H34N2S. The van der Waals surface area contributed by atoms with Crippen LogP contribution >= 0.6 is 11.3 Å². The first-order valence-corrected chi connectivity index (χ1v) is 20.9. The fraction of sp³-hybridized carbons (Fsp3) is 0.0182. The number of anilines is 3. The number of benzene rings is 9. The molecule has 270 valence electrons. The van der Waals surface area contributed by atoms with Crippen molar-refractivity contribution in [1.82, 2.24) is 4.40 Å². The van der Waals surface area contributed by atoms with Crippen LogP contribution in [0.15, 0.2) is 194 Å². The summed E-state index contributed by atoms with van der Waals surface area (Å²) in [7, 11) is 0. The molecule has 0 fully saturated rings. The Morgan fingerprint density at radius 3 is 1.95 bits per heavy atom. The van der Waals surface area contributed by atoms with E-state index < -0.39 is 0 Å². The van der Waals surface area contributed by atoms with Gasteiger partial charge in [-0.3, -0.25) is 0 Å². The molecule has 13 rings (SSSR count). The van der Waals surface area contributed by atoms with E-state index in [1.807, 2.05) is 11.3 Å². The molecule has 0 spiro atoms. The van der Waals surface area contributed by atoms with Crippen molar-refractivity contribution in [2.75, 3.05) is 4.90 Å². The van der Waals surface area contributed by atoms with Gasteiger partial charge in [-0.25, -0.2) is 0 Å². The van der Waals surface area contributed by atoms with E-state index in [-0.39, 0.29) is 0 Å². The van der Waals surface area contributed by atoms with E-state index in [0.717, 1.165) is 12.1 Å². The second-order valence-electron chi connectivity index (χ2n) is 15.6. The van der Waals surface area contributed by atoms with Crippen molar-refractivity contribution >= 4 is 86.7 Å². The van der Waals surface area contributed by atoms with Crippen LogP contribution in [0.3, 0.4) is 0 Å². The van der Waals surface area contributed by atoms with Crippen molar-refractivity contribution in [1.29, 1.82) is 0 Å². The maximum atomic E-state index is 2.48. The number of thiophene rings is 1. The SMILES string of the molecule is c1ccc(-c2ccc(N(c3ccc4c(c3)Cc3cc(-c5cccc6c5c5cccc7c8ccccc8n6c75)ccc3-4)c3cccc4c3sc3ccccc34)cc2)cc1. The molecule has 0 unspecified atom stereocenters. The van der Waals surface area contributed by atoms with Crippen molar-refractivity contribution < 1.29 is 0 Å². The smallest absolute Gasteiger partial charge is 0.0640 e. The summed E-state index contributed by atoms with van der Waals surface area (Å²) in [4.78, 5) is 2.47. The van der Waals surface area contributed by atoms with Gasteiger partial charge in [0.05, 0.1) is 26.9 Å². The molecule has 9 aromatic carbocycles. The molecule has 58 heavy (non-hydrogen) atoms. The van der Waals surface area contributed by atoms with Gasteiger partial charge in [0, 0.05) is 48.4 Å². The first-order chi connectivity index (χ1) is 28.8. The van der Waals surface area contributed by atoms with Crippen molar-refractivity contribution in [2.24, 2.45) is 0 Å². The zero-order valence-electron chi connectivity index (χ0n) is 31.5. The highest BCUT2D eigenvalue weighted by atomic mass is 32.1. The highest BCUT2D eigenvalue weighted by Crippen LogP contribution is 2.48. The van der Waals surface area contributed by atoms with Gasteiger partial charge in [-0.2, -0.15) is 0 Å². The maximum absolute atomic E-state index is 2.48. The Labute approximate surface area is 339 Å². The molecule has 1 aliphatic rings. The van der Waals surface area contributed by atoms with Crippen LogP contribution in [-0.2, 0) is 6.42 Å². The van der Waals surface area contributed by atoms with Crippen molar-refractivity contribution in [2.45, 2.75) is 6.42 Å². The third kappa shape index (κ3) is 4.54. The predicted octanol–water partition coefficient (Wildman–Crippen LogP) is 15.6. The Kier molecular flexibility index (Phi) is 6.69. The number of hydrogen-bond donors (Lipinski definition) is 0. The van der Waals surface area contributed by atoms with Crippen LogP contribution in [0.25, 0.3) is 91.6 Å². The maximum Gasteiger partial charge on any atom is 0.0640 e. The molecule has 2 nitrogen and oxygen atoms in total. The standard InChI is InChI=1S/C55H34N2S/c1-2-11-34(12-3-1)35-23-26-39(27-24-35)56(51-21-10-17-47-45-14-5-7-22-52(45)58-55(47)51)40-28-30-42-38(33-40)32-37-31-36(25-29-41(37)42)43-15-9-20-50-53(43)48-18-8-16-46-44-13-4-6-19-49(44)57(50)54(46)48/h1-31,33H,32H2. The Hall–Kier alpha value is -7.20. The Balaban J connectivity index is 0.931. The molecule has 0 N–H and O–H groups in total. The Morgan fingerprint density at radius 2 is 1.05 bits per heavy atom. The van der Waals surface area contributed by atoms with E-state index in [1.54, 1.807) is 0 Å². The summed E-state index contributed by atoms with van der Waals surface area (Å²) in [5, 5.41) is 7.89. The van der Waals surface area contributed by atoms with Crippen LogP contribution in [0.1, 0.15) is 11.1 Å². The number of nitrogens with zero attached hydrogens (tertiary/aromatic N) is 2. The minimum atomic E-state index is 0.898. The van der Waals surface area contributed by atoms with Gasteiger partial charge in [0.25, 0.3) is 0 Å². The van der Waals surface area contributed by atoms with Gasteiger partial charge >= 0.3 is 0 Å². The minimum absolute atomic E-state index is 0.898. The summed E-state index contributed by atoms with van der Waals surface area (Å²) in [6.45, 7) is 0. The zero-order chi connectivity index (χ0) is 37.9. The van der Waals surface area contributed by atoms with Crippen molar-refractivity contribution in [3.8, 4) is 33.4 Å². The molecule has 1 aliphatic carbocycles. The zero-order valence-corrected chi connectivity index (χ0v) is 32.3. The summed E-state index contributed by atoms with van der Waals surface area (Å²) in [5.74, 6) is 0. The second kappa shape index (κ2) is 12.1. The first-order valence-electron chi connectivity index (χ1n) is 20.1. The molecule has 3 heterocycles. The lowest BCUT2D eigenvalue weighted by molar-refractivity contribution is 1.24. The van der Waals surface area contributed by atoms with Crippen molar-refractivity contribution in [3.63, 3.8) is 0 Å². The molecular weight excluding hydrogens is 721 g/mol. The topological polar surface area (TPSA) is 7.65 Å². The normalized spacial score (nSPS) is 12.4. The number of fused-ring (bicyclic) bond motifs is 12. The minimum Gasteiger partial charge on any atom is -0.309 e. The quantitative estimate of drug-likeness (QED) is 0.170. The van der Waals surface area contributed by atoms with Crippen LogP contribution < -0.4 is 4.90 Å². The van der Waals surface area contributed by atoms with Crippen LogP contribution in [-0.4, -0.2) is 4.40 Å². The van der Waals surface area contributed by atoms with E-state index in [4.69, 9.17) is 0 Å². The van der Waals surface area contributed by atoms with E-state index in [1.165, 1.54) is 114 Å². The highest BCUT2D eigenvalue weighted by molar-refractivity contribution is 7.26. The summed E-state index contributed by atoms with van der Waals surface area (Å²) < 4.78 is 5.09. The molecule has 3 heteroatoms. The molecule has 0 atom stereocenters. The van der Waals surface area contributed by atoms with E-state index >= 15 is 0 Å². The average molecular weight is 755 g/mol. The van der Waals surface area contributed by atoms with Gasteiger partial charge in [-0.05, 0) is 99.5 Å².